The number of ether oxygens (including phenoxy) is 3. The van der Waals surface area contributed by atoms with Crippen LogP contribution in [0.15, 0.2) is 66.7 Å². The molecule has 0 bridgehead atoms. The van der Waals surface area contributed by atoms with Gasteiger partial charge in [0.2, 0.25) is 6.79 Å². The fourth-order valence-electron chi connectivity index (χ4n) is 8.23. The van der Waals surface area contributed by atoms with E-state index in [1.54, 1.807) is 4.90 Å². The fourth-order valence-corrected chi connectivity index (χ4v) is 8.23. The van der Waals surface area contributed by atoms with Crippen LogP contribution in [0.4, 0.5) is 4.79 Å². The normalized spacial score (nSPS) is 19.0. The van der Waals surface area contributed by atoms with Crippen LogP contribution < -0.4 is 14.8 Å². The van der Waals surface area contributed by atoms with Gasteiger partial charge >= 0.3 is 6.09 Å². The van der Waals surface area contributed by atoms with Gasteiger partial charge in [-0.05, 0) is 29.8 Å². The average Bonchev–Trinajstić information content (AvgIpc) is 3.84. The minimum Gasteiger partial charge on any atom is -0.454 e. The SMILES string of the molecule is O=C1NC(=O)c2c1c1c3ccccc3n3c1c1c2c2ccccc2n1CC(OC(=O)N1CCN(Cc2ccc4c(c2)OCO4)CC1)CC3. The van der Waals surface area contributed by atoms with E-state index in [1.165, 1.54) is 0 Å². The van der Waals surface area contributed by atoms with Crippen molar-refractivity contribution in [1.29, 1.82) is 0 Å². The number of imide groups is 1. The van der Waals surface area contributed by atoms with Crippen LogP contribution >= 0.6 is 0 Å². The number of carbonyl (C=O) groups excluding carboxylic acids is 3. The molecule has 0 spiro atoms. The Morgan fingerprint density at radius 2 is 1.42 bits per heavy atom. The van der Waals surface area contributed by atoms with Gasteiger partial charge in [-0.25, -0.2) is 4.79 Å². The molecule has 1 atom stereocenters. The summed E-state index contributed by atoms with van der Waals surface area (Å²) in [5.41, 5.74) is 5.77. The summed E-state index contributed by atoms with van der Waals surface area (Å²) in [4.78, 5) is 44.6. The maximum atomic E-state index is 13.7. The first-order chi connectivity index (χ1) is 23.5. The first-order valence-electron chi connectivity index (χ1n) is 16.4. The highest BCUT2D eigenvalue weighted by molar-refractivity contribution is 6.39. The number of aryl methyl sites for hydroxylation is 1. The quantitative estimate of drug-likeness (QED) is 0.264. The molecule has 0 saturated carbocycles. The van der Waals surface area contributed by atoms with Crippen LogP contribution in [-0.4, -0.2) is 75.9 Å². The van der Waals surface area contributed by atoms with Gasteiger partial charge < -0.3 is 28.2 Å². The molecule has 1 fully saturated rings. The number of fused-ring (bicyclic) bond motifs is 10. The highest BCUT2D eigenvalue weighted by Crippen LogP contribution is 2.46. The lowest BCUT2D eigenvalue weighted by Crippen LogP contribution is -2.49. The summed E-state index contributed by atoms with van der Waals surface area (Å²) in [6.45, 7) is 4.69. The summed E-state index contributed by atoms with van der Waals surface area (Å²) < 4.78 is 21.7. The minimum absolute atomic E-state index is 0.255. The van der Waals surface area contributed by atoms with E-state index in [0.29, 0.717) is 43.7 Å². The number of hydrogen-bond donors (Lipinski definition) is 1. The second-order valence-electron chi connectivity index (χ2n) is 13.0. The fraction of sp³-hybridized carbons (Fsp3) is 0.270. The Bertz CT molecular complexity index is 2380. The molecular formula is C37H31N5O6. The number of carbonyl (C=O) groups is 3. The molecule has 6 aromatic rings. The molecular weight excluding hydrogens is 610 g/mol. The molecule has 4 aliphatic rings. The van der Waals surface area contributed by atoms with Crippen LogP contribution in [0.1, 0.15) is 32.7 Å². The largest absolute Gasteiger partial charge is 0.454 e. The molecule has 0 radical (unpaired) electrons. The lowest BCUT2D eigenvalue weighted by molar-refractivity contribution is 0.0353. The van der Waals surface area contributed by atoms with Crippen molar-refractivity contribution in [3.8, 4) is 11.5 Å². The maximum Gasteiger partial charge on any atom is 0.410 e. The molecule has 4 aliphatic heterocycles. The van der Waals surface area contributed by atoms with Crippen molar-refractivity contribution < 1.29 is 28.6 Å². The topological polar surface area (TPSA) is 107 Å². The molecule has 1 unspecified atom stereocenters. The van der Waals surface area contributed by atoms with E-state index >= 15 is 0 Å². The first kappa shape index (κ1) is 27.6. The molecule has 2 aromatic heterocycles. The average molecular weight is 642 g/mol. The highest BCUT2D eigenvalue weighted by Gasteiger charge is 2.38. The number of benzene rings is 4. The van der Waals surface area contributed by atoms with Crippen LogP contribution in [-0.2, 0) is 24.4 Å². The molecule has 3 amide bonds. The molecule has 48 heavy (non-hydrogen) atoms. The molecule has 0 aliphatic carbocycles. The number of hydrogen-bond acceptors (Lipinski definition) is 7. The van der Waals surface area contributed by atoms with E-state index in [2.05, 4.69) is 31.5 Å². The Kier molecular flexibility index (Phi) is 5.87. The van der Waals surface area contributed by atoms with Crippen molar-refractivity contribution in [3.63, 3.8) is 0 Å². The van der Waals surface area contributed by atoms with Gasteiger partial charge in [0, 0.05) is 78.3 Å². The van der Waals surface area contributed by atoms with Crippen molar-refractivity contribution in [2.45, 2.75) is 32.2 Å². The number of piperazine rings is 1. The summed E-state index contributed by atoms with van der Waals surface area (Å²) in [7, 11) is 0. The lowest BCUT2D eigenvalue weighted by Gasteiger charge is -2.35. The first-order valence-corrected chi connectivity index (χ1v) is 16.4. The van der Waals surface area contributed by atoms with Gasteiger partial charge in [0.1, 0.15) is 6.10 Å². The summed E-state index contributed by atoms with van der Waals surface area (Å²) in [6, 6.07) is 22.0. The van der Waals surface area contributed by atoms with Crippen molar-refractivity contribution in [2.75, 3.05) is 33.0 Å². The van der Waals surface area contributed by atoms with Crippen LogP contribution in [0.25, 0.3) is 43.6 Å². The Balaban J connectivity index is 0.984. The molecule has 1 N–H and O–H groups in total. The smallest absolute Gasteiger partial charge is 0.410 e. The number of nitrogens with zero attached hydrogens (tertiary/aromatic N) is 4. The van der Waals surface area contributed by atoms with Gasteiger partial charge in [-0.3, -0.25) is 19.8 Å². The van der Waals surface area contributed by atoms with Gasteiger partial charge in [-0.15, -0.1) is 0 Å². The van der Waals surface area contributed by atoms with Crippen LogP contribution in [0, 0.1) is 0 Å². The van der Waals surface area contributed by atoms with E-state index < -0.39 is 6.10 Å². The van der Waals surface area contributed by atoms with Crippen molar-refractivity contribution in [2.24, 2.45) is 0 Å². The summed E-state index contributed by atoms with van der Waals surface area (Å²) in [5, 5.41) is 5.98. The van der Waals surface area contributed by atoms with Gasteiger partial charge in [0.25, 0.3) is 11.8 Å². The third-order valence-corrected chi connectivity index (χ3v) is 10.4. The monoisotopic (exact) mass is 641 g/mol. The predicted molar refractivity (Wildman–Crippen MR) is 179 cm³/mol. The Morgan fingerprint density at radius 1 is 0.771 bits per heavy atom. The molecule has 240 valence electrons. The van der Waals surface area contributed by atoms with Crippen LogP contribution in [0.3, 0.4) is 0 Å². The van der Waals surface area contributed by atoms with E-state index in [1.807, 2.05) is 54.6 Å². The molecule has 1 saturated heterocycles. The van der Waals surface area contributed by atoms with Gasteiger partial charge in [-0.1, -0.05) is 42.5 Å². The zero-order chi connectivity index (χ0) is 32.1. The molecule has 4 aromatic carbocycles. The van der Waals surface area contributed by atoms with Crippen LogP contribution in [0.2, 0.25) is 0 Å². The maximum absolute atomic E-state index is 13.7. The molecule has 11 nitrogen and oxygen atoms in total. The van der Waals surface area contributed by atoms with E-state index in [4.69, 9.17) is 14.2 Å². The number of para-hydroxylation sites is 2. The van der Waals surface area contributed by atoms with Gasteiger partial charge in [0.15, 0.2) is 11.5 Å². The molecule has 6 heterocycles. The Morgan fingerprint density at radius 3 is 2.15 bits per heavy atom. The van der Waals surface area contributed by atoms with Crippen molar-refractivity contribution in [3.05, 3.63) is 83.4 Å². The second kappa shape index (κ2) is 10.2. The third kappa shape index (κ3) is 3.94. The summed E-state index contributed by atoms with van der Waals surface area (Å²) >= 11 is 0. The minimum atomic E-state index is -0.406. The zero-order valence-electron chi connectivity index (χ0n) is 26.0. The molecule has 11 heteroatoms. The third-order valence-electron chi connectivity index (χ3n) is 10.4. The van der Waals surface area contributed by atoms with Crippen molar-refractivity contribution >= 4 is 61.5 Å². The van der Waals surface area contributed by atoms with Gasteiger partial charge in [-0.2, -0.15) is 0 Å². The van der Waals surface area contributed by atoms with E-state index in [0.717, 1.165) is 80.3 Å². The standard InChI is InChI=1S/C37H31N5O6/c43-35-31-29-23-5-1-3-7-25(23)41-12-11-22(19-42-26-8-4-2-6-24(26)30(34(42)33(29)41)32(31)36(44)38-35)48-37(45)40-15-13-39(14-16-40)18-21-9-10-27-28(17-21)47-20-46-27/h1-10,17,22H,11-16,18-20H2,(H,38,43,44). The Labute approximate surface area is 274 Å². The highest BCUT2D eigenvalue weighted by atomic mass is 16.7. The number of aromatic nitrogens is 2. The zero-order valence-corrected chi connectivity index (χ0v) is 26.0. The molecule has 10 rings (SSSR count). The van der Waals surface area contributed by atoms with Gasteiger partial charge in [0.05, 0.1) is 28.7 Å². The lowest BCUT2D eigenvalue weighted by atomic mass is 9.96. The van der Waals surface area contributed by atoms with Crippen molar-refractivity contribution in [1.82, 2.24) is 24.3 Å². The van der Waals surface area contributed by atoms with Crippen LogP contribution in [0.5, 0.6) is 11.5 Å². The number of rotatable bonds is 3. The van der Waals surface area contributed by atoms with E-state index in [-0.39, 0.29) is 24.7 Å². The second-order valence-corrected chi connectivity index (χ2v) is 13.0. The predicted octanol–water partition coefficient (Wildman–Crippen LogP) is 5.24. The number of amides is 3. The Hall–Kier alpha value is -5.55. The summed E-state index contributed by atoms with van der Waals surface area (Å²) in [6.07, 6.45) is -0.117. The number of nitrogens with one attached hydrogen (secondary N) is 1. The van der Waals surface area contributed by atoms with E-state index in [9.17, 15) is 14.4 Å². The summed E-state index contributed by atoms with van der Waals surface area (Å²) in [5.74, 6) is 0.816.